The number of carbonyl (C=O) groups excluding carboxylic acids is 1. The van der Waals surface area contributed by atoms with Crippen molar-refractivity contribution < 1.29 is 14.3 Å². The van der Waals surface area contributed by atoms with Gasteiger partial charge in [0, 0.05) is 39.0 Å². The number of anilines is 1. The molecule has 104 valence electrons. The molecule has 1 aliphatic rings. The Kier molecular flexibility index (Phi) is 4.27. The molecule has 1 aromatic rings. The highest BCUT2D eigenvalue weighted by Gasteiger charge is 2.20. The summed E-state index contributed by atoms with van der Waals surface area (Å²) < 4.78 is 10.6. The van der Waals surface area contributed by atoms with E-state index in [2.05, 4.69) is 6.07 Å². The van der Waals surface area contributed by atoms with Gasteiger partial charge in [-0.05, 0) is 18.2 Å². The van der Waals surface area contributed by atoms with E-state index in [4.69, 9.17) is 9.47 Å². The van der Waals surface area contributed by atoms with Gasteiger partial charge in [-0.3, -0.25) is 4.79 Å². The van der Waals surface area contributed by atoms with Gasteiger partial charge in [-0.1, -0.05) is 0 Å². The molecule has 2 rings (SSSR count). The van der Waals surface area contributed by atoms with Crippen LogP contribution in [0.25, 0.3) is 0 Å². The highest BCUT2D eigenvalue weighted by atomic mass is 16.5. The molecule has 0 aromatic heterocycles. The second-order valence-corrected chi connectivity index (χ2v) is 4.78. The number of hydrogen-bond acceptors (Lipinski definition) is 4. The molecule has 5 nitrogen and oxygen atoms in total. The summed E-state index contributed by atoms with van der Waals surface area (Å²) in [4.78, 5) is 15.7. The zero-order valence-electron chi connectivity index (χ0n) is 11.7. The van der Waals surface area contributed by atoms with Crippen LogP contribution in [0.15, 0.2) is 18.2 Å². The van der Waals surface area contributed by atoms with E-state index < -0.39 is 0 Å². The Morgan fingerprint density at radius 2 is 2.26 bits per heavy atom. The van der Waals surface area contributed by atoms with E-state index in [9.17, 15) is 4.79 Å². The number of hydrogen-bond donors (Lipinski definition) is 0. The maximum Gasteiger partial charge on any atom is 0.248 e. The van der Waals surface area contributed by atoms with Gasteiger partial charge in [0.15, 0.2) is 0 Å². The Morgan fingerprint density at radius 1 is 1.47 bits per heavy atom. The SMILES string of the molecule is COCC(=O)N1CCOc2ccc(N(C)C)cc2C1. The van der Waals surface area contributed by atoms with Crippen molar-refractivity contribution in [2.75, 3.05) is 45.9 Å². The van der Waals surface area contributed by atoms with Crippen LogP contribution in [-0.4, -0.2) is 51.8 Å². The van der Waals surface area contributed by atoms with E-state index in [1.165, 1.54) is 7.11 Å². The summed E-state index contributed by atoms with van der Waals surface area (Å²) in [5, 5.41) is 0. The van der Waals surface area contributed by atoms with Crippen molar-refractivity contribution in [1.29, 1.82) is 0 Å². The van der Waals surface area contributed by atoms with Gasteiger partial charge in [-0.15, -0.1) is 0 Å². The fourth-order valence-corrected chi connectivity index (χ4v) is 2.09. The summed E-state index contributed by atoms with van der Waals surface area (Å²) >= 11 is 0. The lowest BCUT2D eigenvalue weighted by molar-refractivity contribution is -0.135. The Balaban J connectivity index is 2.22. The van der Waals surface area contributed by atoms with Crippen molar-refractivity contribution in [2.45, 2.75) is 6.54 Å². The van der Waals surface area contributed by atoms with Gasteiger partial charge in [-0.25, -0.2) is 0 Å². The number of nitrogens with zero attached hydrogens (tertiary/aromatic N) is 2. The molecule has 1 aromatic carbocycles. The van der Waals surface area contributed by atoms with E-state index in [1.807, 2.05) is 31.1 Å². The van der Waals surface area contributed by atoms with Gasteiger partial charge >= 0.3 is 0 Å². The van der Waals surface area contributed by atoms with Crippen LogP contribution < -0.4 is 9.64 Å². The first-order chi connectivity index (χ1) is 9.11. The van der Waals surface area contributed by atoms with Crippen LogP contribution in [0, 0.1) is 0 Å². The van der Waals surface area contributed by atoms with Crippen molar-refractivity contribution in [3.05, 3.63) is 23.8 Å². The monoisotopic (exact) mass is 264 g/mol. The predicted molar refractivity (Wildman–Crippen MR) is 73.6 cm³/mol. The highest BCUT2D eigenvalue weighted by Crippen LogP contribution is 2.27. The maximum atomic E-state index is 11.9. The minimum absolute atomic E-state index is 0.00536. The van der Waals surface area contributed by atoms with Crippen molar-refractivity contribution in [3.63, 3.8) is 0 Å². The Hall–Kier alpha value is -1.75. The molecule has 0 unspecified atom stereocenters. The summed E-state index contributed by atoms with van der Waals surface area (Å²) in [7, 11) is 5.52. The normalized spacial score (nSPS) is 14.4. The Morgan fingerprint density at radius 3 is 2.95 bits per heavy atom. The average molecular weight is 264 g/mol. The van der Waals surface area contributed by atoms with Crippen molar-refractivity contribution in [3.8, 4) is 5.75 Å². The van der Waals surface area contributed by atoms with E-state index in [0.717, 1.165) is 17.0 Å². The van der Waals surface area contributed by atoms with Gasteiger partial charge < -0.3 is 19.3 Å². The molecule has 0 radical (unpaired) electrons. The molecule has 1 heterocycles. The number of ether oxygens (including phenoxy) is 2. The summed E-state index contributed by atoms with van der Waals surface area (Å²) in [6.07, 6.45) is 0. The third kappa shape index (κ3) is 3.17. The van der Waals surface area contributed by atoms with E-state index in [1.54, 1.807) is 4.90 Å². The first kappa shape index (κ1) is 13.7. The number of rotatable bonds is 3. The molecule has 0 atom stereocenters. The zero-order chi connectivity index (χ0) is 13.8. The second kappa shape index (κ2) is 5.93. The lowest BCUT2D eigenvalue weighted by Crippen LogP contribution is -2.34. The Labute approximate surface area is 113 Å². The van der Waals surface area contributed by atoms with Crippen molar-refractivity contribution in [1.82, 2.24) is 4.90 Å². The zero-order valence-corrected chi connectivity index (χ0v) is 11.7. The fourth-order valence-electron chi connectivity index (χ4n) is 2.09. The smallest absolute Gasteiger partial charge is 0.248 e. The predicted octanol–water partition coefficient (Wildman–Crippen LogP) is 1.12. The molecular formula is C14H20N2O3. The lowest BCUT2D eigenvalue weighted by atomic mass is 10.1. The number of carbonyl (C=O) groups is 1. The minimum Gasteiger partial charge on any atom is -0.491 e. The number of fused-ring (bicyclic) bond motifs is 1. The largest absolute Gasteiger partial charge is 0.491 e. The molecule has 0 N–H and O–H groups in total. The lowest BCUT2D eigenvalue weighted by Gasteiger charge is -2.20. The van der Waals surface area contributed by atoms with E-state index >= 15 is 0 Å². The summed E-state index contributed by atoms with van der Waals surface area (Å²) in [6, 6.07) is 6.05. The van der Waals surface area contributed by atoms with Gasteiger partial charge in [-0.2, -0.15) is 0 Å². The summed E-state index contributed by atoms with van der Waals surface area (Å²) in [6.45, 7) is 1.79. The summed E-state index contributed by atoms with van der Waals surface area (Å²) in [5.74, 6) is 0.854. The molecule has 1 aliphatic heterocycles. The molecule has 0 fully saturated rings. The quantitative estimate of drug-likeness (QED) is 0.820. The van der Waals surface area contributed by atoms with Crippen LogP contribution in [-0.2, 0) is 16.1 Å². The summed E-state index contributed by atoms with van der Waals surface area (Å²) in [5.41, 5.74) is 2.14. The van der Waals surface area contributed by atoms with Gasteiger partial charge in [0.05, 0.1) is 6.54 Å². The van der Waals surface area contributed by atoms with E-state index in [-0.39, 0.29) is 12.5 Å². The third-order valence-corrected chi connectivity index (χ3v) is 3.16. The van der Waals surface area contributed by atoms with Crippen molar-refractivity contribution >= 4 is 11.6 Å². The van der Waals surface area contributed by atoms with Crippen LogP contribution >= 0.6 is 0 Å². The first-order valence-electron chi connectivity index (χ1n) is 6.31. The molecule has 0 spiro atoms. The molecule has 5 heteroatoms. The van der Waals surface area contributed by atoms with Crippen LogP contribution in [0.1, 0.15) is 5.56 Å². The number of benzene rings is 1. The van der Waals surface area contributed by atoms with Crippen LogP contribution in [0.2, 0.25) is 0 Å². The number of amides is 1. The molecule has 1 amide bonds. The molecule has 19 heavy (non-hydrogen) atoms. The van der Waals surface area contributed by atoms with Gasteiger partial charge in [0.2, 0.25) is 5.91 Å². The topological polar surface area (TPSA) is 42.0 Å². The maximum absolute atomic E-state index is 11.9. The molecular weight excluding hydrogens is 244 g/mol. The number of methoxy groups -OCH3 is 1. The Bertz CT molecular complexity index is 460. The second-order valence-electron chi connectivity index (χ2n) is 4.78. The highest BCUT2D eigenvalue weighted by molar-refractivity contribution is 5.77. The van der Waals surface area contributed by atoms with Crippen LogP contribution in [0.3, 0.4) is 0 Å². The van der Waals surface area contributed by atoms with E-state index in [0.29, 0.717) is 19.7 Å². The van der Waals surface area contributed by atoms with Gasteiger partial charge in [0.25, 0.3) is 0 Å². The molecule has 0 saturated carbocycles. The third-order valence-electron chi connectivity index (χ3n) is 3.16. The molecule has 0 bridgehead atoms. The van der Waals surface area contributed by atoms with Crippen molar-refractivity contribution in [2.24, 2.45) is 0 Å². The van der Waals surface area contributed by atoms with Crippen LogP contribution in [0.4, 0.5) is 5.69 Å². The standard InChI is InChI=1S/C14H20N2O3/c1-15(2)12-4-5-13-11(8-12)9-16(6-7-19-13)14(17)10-18-3/h4-5,8H,6-7,9-10H2,1-3H3. The first-order valence-corrected chi connectivity index (χ1v) is 6.31. The fraction of sp³-hybridized carbons (Fsp3) is 0.500. The van der Waals surface area contributed by atoms with Crippen LogP contribution in [0.5, 0.6) is 5.75 Å². The minimum atomic E-state index is -0.00536. The molecule has 0 saturated heterocycles. The average Bonchev–Trinajstić information content (AvgIpc) is 2.60. The molecule has 0 aliphatic carbocycles. The van der Waals surface area contributed by atoms with Gasteiger partial charge in [0.1, 0.15) is 19.0 Å².